The van der Waals surface area contributed by atoms with Crippen molar-refractivity contribution in [3.05, 3.63) is 52.9 Å². The minimum absolute atomic E-state index is 0.148. The lowest BCUT2D eigenvalue weighted by molar-refractivity contribution is -0.311. The topological polar surface area (TPSA) is 73.6 Å². The number of thioether (sulfide) groups is 1. The first kappa shape index (κ1) is 19.3. The molecule has 0 radical (unpaired) electrons. The van der Waals surface area contributed by atoms with Crippen molar-refractivity contribution < 1.29 is 23.5 Å². The number of benzene rings is 1. The fourth-order valence-corrected chi connectivity index (χ4v) is 4.07. The number of aliphatic carboxylic acids is 1. The molecule has 0 bridgehead atoms. The monoisotopic (exact) mass is 404 g/mol. The minimum atomic E-state index is -1.36. The van der Waals surface area contributed by atoms with Crippen LogP contribution in [-0.4, -0.2) is 27.1 Å². The predicted molar refractivity (Wildman–Crippen MR) is 103 cm³/mol. The summed E-state index contributed by atoms with van der Waals surface area (Å²) >= 11 is 6.17. The van der Waals surface area contributed by atoms with Crippen molar-refractivity contribution in [3.8, 4) is 11.3 Å². The maximum Gasteiger partial charge on any atom is 0.266 e. The first-order valence-electron chi connectivity index (χ1n) is 8.12. The van der Waals surface area contributed by atoms with E-state index in [9.17, 15) is 19.1 Å². The van der Waals surface area contributed by atoms with Gasteiger partial charge in [-0.1, -0.05) is 50.0 Å². The molecule has 2 heterocycles. The van der Waals surface area contributed by atoms with Gasteiger partial charge in [0.2, 0.25) is 0 Å². The van der Waals surface area contributed by atoms with E-state index in [1.165, 1.54) is 12.1 Å². The smallest absolute Gasteiger partial charge is 0.266 e. The van der Waals surface area contributed by atoms with Gasteiger partial charge in [0.05, 0.1) is 22.5 Å². The van der Waals surface area contributed by atoms with Crippen molar-refractivity contribution in [1.82, 2.24) is 4.90 Å². The van der Waals surface area contributed by atoms with E-state index in [0.717, 1.165) is 16.7 Å². The summed E-state index contributed by atoms with van der Waals surface area (Å²) < 4.78 is 19.6. The van der Waals surface area contributed by atoms with Crippen LogP contribution in [0.4, 0.5) is 4.39 Å². The van der Waals surface area contributed by atoms with Crippen molar-refractivity contribution >= 4 is 46.3 Å². The lowest BCUT2D eigenvalue weighted by Crippen LogP contribution is -2.52. The van der Waals surface area contributed by atoms with Gasteiger partial charge in [0.25, 0.3) is 5.91 Å². The maximum absolute atomic E-state index is 13.9. The number of rotatable bonds is 5. The fourth-order valence-electron chi connectivity index (χ4n) is 2.76. The minimum Gasteiger partial charge on any atom is -0.548 e. The van der Waals surface area contributed by atoms with E-state index in [1.807, 2.05) is 0 Å². The lowest BCUT2D eigenvalue weighted by Gasteiger charge is -2.30. The second-order valence-electron chi connectivity index (χ2n) is 6.24. The number of furan rings is 1. The molecule has 1 aromatic heterocycles. The summed E-state index contributed by atoms with van der Waals surface area (Å²) in [5.41, 5.74) is 0.307. The summed E-state index contributed by atoms with van der Waals surface area (Å²) in [5, 5.41) is 11.4. The molecule has 0 unspecified atom stereocenters. The van der Waals surface area contributed by atoms with Crippen LogP contribution in [0.1, 0.15) is 19.6 Å². The Labute approximate surface area is 164 Å². The first-order valence-corrected chi connectivity index (χ1v) is 9.34. The molecule has 2 aromatic rings. The Kier molecular flexibility index (Phi) is 5.48. The van der Waals surface area contributed by atoms with Gasteiger partial charge in [0.1, 0.15) is 21.7 Å². The molecule has 5 nitrogen and oxygen atoms in total. The van der Waals surface area contributed by atoms with E-state index in [-0.39, 0.29) is 15.1 Å². The molecule has 8 heteroatoms. The number of carbonyl (C=O) groups excluding carboxylic acids is 2. The van der Waals surface area contributed by atoms with E-state index in [4.69, 9.17) is 16.6 Å². The second-order valence-corrected chi connectivity index (χ2v) is 7.92. The standard InChI is InChI=1S/C19H16FNO4S2/c1-10(2)16(18(23)24)21-17(22)15(27-19(21)26)9-11-7-8-14(25-11)12-5-3-4-6-13(12)20/h3-10,16H,1-2H3,(H,23,24)/p-1/b15-9+/t16-/m0/s1. The highest BCUT2D eigenvalue weighted by molar-refractivity contribution is 8.26. The predicted octanol–water partition coefficient (Wildman–Crippen LogP) is 3.06. The Bertz CT molecular complexity index is 951. The number of carbonyl (C=O) groups is 2. The maximum atomic E-state index is 13.9. The third-order valence-electron chi connectivity index (χ3n) is 4.01. The molecule has 1 atom stereocenters. The van der Waals surface area contributed by atoms with Crippen molar-refractivity contribution in [2.45, 2.75) is 19.9 Å². The molecule has 3 rings (SSSR count). The molecule has 27 heavy (non-hydrogen) atoms. The number of amides is 1. The zero-order chi connectivity index (χ0) is 19.7. The summed E-state index contributed by atoms with van der Waals surface area (Å²) in [6, 6.07) is 8.25. The average molecular weight is 404 g/mol. The van der Waals surface area contributed by atoms with Crippen molar-refractivity contribution in [2.75, 3.05) is 0 Å². The van der Waals surface area contributed by atoms with Crippen LogP contribution in [0.25, 0.3) is 17.4 Å². The zero-order valence-corrected chi connectivity index (χ0v) is 16.1. The number of carboxylic acid groups (broad SMARTS) is 1. The number of hydrogen-bond acceptors (Lipinski definition) is 6. The Morgan fingerprint density at radius 2 is 2.00 bits per heavy atom. The quantitative estimate of drug-likeness (QED) is 0.563. The Morgan fingerprint density at radius 3 is 2.63 bits per heavy atom. The van der Waals surface area contributed by atoms with Crippen LogP contribution >= 0.6 is 24.0 Å². The summed E-state index contributed by atoms with van der Waals surface area (Å²) in [6.45, 7) is 3.35. The van der Waals surface area contributed by atoms with Gasteiger partial charge < -0.3 is 14.3 Å². The van der Waals surface area contributed by atoms with Gasteiger partial charge in [0, 0.05) is 6.08 Å². The number of halogens is 1. The van der Waals surface area contributed by atoms with Crippen molar-refractivity contribution in [3.63, 3.8) is 0 Å². The van der Waals surface area contributed by atoms with Crippen LogP contribution < -0.4 is 5.11 Å². The molecule has 0 N–H and O–H groups in total. The van der Waals surface area contributed by atoms with Crippen LogP contribution in [0.15, 0.2) is 45.7 Å². The molecule has 140 valence electrons. The van der Waals surface area contributed by atoms with Gasteiger partial charge in [0.15, 0.2) is 0 Å². The van der Waals surface area contributed by atoms with Crippen LogP contribution in [0, 0.1) is 11.7 Å². The largest absolute Gasteiger partial charge is 0.548 e. The second kappa shape index (κ2) is 7.66. The number of hydrogen-bond donors (Lipinski definition) is 0. The normalized spacial score (nSPS) is 17.2. The molecule has 1 saturated heterocycles. The number of nitrogens with zero attached hydrogens (tertiary/aromatic N) is 1. The Balaban J connectivity index is 1.89. The van der Waals surface area contributed by atoms with E-state index in [1.54, 1.807) is 44.2 Å². The van der Waals surface area contributed by atoms with E-state index >= 15 is 0 Å². The molecule has 1 amide bonds. The molecular formula is C19H15FNO4S2-. The average Bonchev–Trinajstić information content (AvgIpc) is 3.15. The molecule has 0 aliphatic carbocycles. The first-order chi connectivity index (χ1) is 12.8. The third kappa shape index (κ3) is 3.81. The van der Waals surface area contributed by atoms with E-state index in [2.05, 4.69) is 0 Å². The highest BCUT2D eigenvalue weighted by atomic mass is 32.2. The molecule has 1 aliphatic heterocycles. The van der Waals surface area contributed by atoms with Crippen LogP contribution in [0.5, 0.6) is 0 Å². The zero-order valence-electron chi connectivity index (χ0n) is 14.5. The summed E-state index contributed by atoms with van der Waals surface area (Å²) in [5.74, 6) is -2.00. The molecular weight excluding hydrogens is 389 g/mol. The van der Waals surface area contributed by atoms with Gasteiger partial charge in [-0.2, -0.15) is 0 Å². The van der Waals surface area contributed by atoms with Crippen molar-refractivity contribution in [2.24, 2.45) is 5.92 Å². The summed E-state index contributed by atoms with van der Waals surface area (Å²) in [4.78, 5) is 25.4. The Morgan fingerprint density at radius 1 is 1.30 bits per heavy atom. The lowest BCUT2D eigenvalue weighted by atomic mass is 10.0. The van der Waals surface area contributed by atoms with Gasteiger partial charge in [-0.3, -0.25) is 9.69 Å². The van der Waals surface area contributed by atoms with Gasteiger partial charge in [-0.15, -0.1) is 0 Å². The van der Waals surface area contributed by atoms with Crippen LogP contribution in [0.3, 0.4) is 0 Å². The fraction of sp³-hybridized carbons (Fsp3) is 0.211. The van der Waals surface area contributed by atoms with E-state index < -0.39 is 23.7 Å². The van der Waals surface area contributed by atoms with Crippen LogP contribution in [0.2, 0.25) is 0 Å². The van der Waals surface area contributed by atoms with E-state index in [0.29, 0.717) is 17.1 Å². The van der Waals surface area contributed by atoms with Gasteiger partial charge >= 0.3 is 0 Å². The van der Waals surface area contributed by atoms with Gasteiger partial charge in [-0.05, 0) is 30.2 Å². The number of carboxylic acids is 1. The highest BCUT2D eigenvalue weighted by Gasteiger charge is 2.39. The Hall–Kier alpha value is -2.45. The molecule has 1 fully saturated rings. The molecule has 0 spiro atoms. The third-order valence-corrected chi connectivity index (χ3v) is 5.34. The highest BCUT2D eigenvalue weighted by Crippen LogP contribution is 2.36. The molecule has 1 aliphatic rings. The molecule has 0 saturated carbocycles. The SMILES string of the molecule is CC(C)[C@@H](C(=O)[O-])N1C(=O)/C(=C\c2ccc(-c3ccccc3F)o2)SC1=S. The van der Waals surface area contributed by atoms with Crippen molar-refractivity contribution in [1.29, 1.82) is 0 Å². The number of thiocarbonyl (C=S) groups is 1. The van der Waals surface area contributed by atoms with Crippen LogP contribution in [-0.2, 0) is 9.59 Å². The summed E-state index contributed by atoms with van der Waals surface area (Å²) in [7, 11) is 0. The van der Waals surface area contributed by atoms with Gasteiger partial charge in [-0.25, -0.2) is 4.39 Å². The summed E-state index contributed by atoms with van der Waals surface area (Å²) in [6.07, 6.45) is 1.47. The molecule has 1 aromatic carbocycles.